The Morgan fingerprint density at radius 2 is 2.04 bits per heavy atom. The molecule has 4 nitrogen and oxygen atoms in total. The number of hydrogen-bond donors (Lipinski definition) is 1. The zero-order chi connectivity index (χ0) is 16.2. The first-order valence-corrected chi connectivity index (χ1v) is 7.48. The Morgan fingerprint density at radius 3 is 2.83 bits per heavy atom. The molecule has 4 heteroatoms. The summed E-state index contributed by atoms with van der Waals surface area (Å²) in [6, 6.07) is 8.36. The van der Waals surface area contributed by atoms with Gasteiger partial charge in [0.1, 0.15) is 5.82 Å². The van der Waals surface area contributed by atoms with Gasteiger partial charge in [0.15, 0.2) is 0 Å². The molecule has 1 aliphatic heterocycles. The SMILES string of the molecule is C=C1/C=C\C=C/CN(c2cccc(-c3cnn(C)c3)c2)C(=C)N1. The summed E-state index contributed by atoms with van der Waals surface area (Å²) >= 11 is 0. The number of benzene rings is 1. The van der Waals surface area contributed by atoms with E-state index in [4.69, 9.17) is 0 Å². The molecule has 2 aromatic rings. The molecule has 0 radical (unpaired) electrons. The van der Waals surface area contributed by atoms with Gasteiger partial charge in [0.25, 0.3) is 0 Å². The van der Waals surface area contributed by atoms with Crippen LogP contribution >= 0.6 is 0 Å². The van der Waals surface area contributed by atoms with Gasteiger partial charge in [0.05, 0.1) is 6.20 Å². The molecule has 0 amide bonds. The summed E-state index contributed by atoms with van der Waals surface area (Å²) in [5.74, 6) is 0.800. The predicted molar refractivity (Wildman–Crippen MR) is 95.7 cm³/mol. The lowest BCUT2D eigenvalue weighted by Gasteiger charge is -2.26. The van der Waals surface area contributed by atoms with E-state index in [0.29, 0.717) is 0 Å². The van der Waals surface area contributed by atoms with E-state index in [1.54, 1.807) is 4.68 Å². The van der Waals surface area contributed by atoms with Gasteiger partial charge in [-0.25, -0.2) is 0 Å². The van der Waals surface area contributed by atoms with Crippen LogP contribution in [-0.2, 0) is 7.05 Å². The van der Waals surface area contributed by atoms with Gasteiger partial charge in [-0.15, -0.1) is 0 Å². The number of allylic oxidation sites excluding steroid dienone is 3. The van der Waals surface area contributed by atoms with E-state index in [1.165, 1.54) is 0 Å². The largest absolute Gasteiger partial charge is 0.343 e. The number of nitrogens with one attached hydrogen (secondary N) is 1. The highest BCUT2D eigenvalue weighted by Gasteiger charge is 2.11. The van der Waals surface area contributed by atoms with E-state index in [9.17, 15) is 0 Å². The van der Waals surface area contributed by atoms with Crippen LogP contribution in [0.25, 0.3) is 11.1 Å². The Hall–Kier alpha value is -3.01. The summed E-state index contributed by atoms with van der Waals surface area (Å²) < 4.78 is 1.81. The van der Waals surface area contributed by atoms with Crippen molar-refractivity contribution in [2.45, 2.75) is 0 Å². The molecule has 0 saturated carbocycles. The maximum Gasteiger partial charge on any atom is 0.103 e. The molecule has 0 unspecified atom stereocenters. The average Bonchev–Trinajstić information content (AvgIpc) is 2.99. The van der Waals surface area contributed by atoms with Crippen molar-refractivity contribution in [1.82, 2.24) is 15.1 Å². The molecular weight excluding hydrogens is 284 g/mol. The van der Waals surface area contributed by atoms with Crippen LogP contribution in [0.15, 0.2) is 85.6 Å². The molecule has 1 N–H and O–H groups in total. The van der Waals surface area contributed by atoms with Crippen LogP contribution in [0, 0.1) is 0 Å². The van der Waals surface area contributed by atoms with E-state index in [-0.39, 0.29) is 0 Å². The smallest absolute Gasteiger partial charge is 0.103 e. The second-order valence-electron chi connectivity index (χ2n) is 5.45. The van der Waals surface area contributed by atoms with Gasteiger partial charge in [-0.1, -0.05) is 43.5 Å². The Balaban J connectivity index is 1.93. The lowest BCUT2D eigenvalue weighted by Crippen LogP contribution is -2.30. The van der Waals surface area contributed by atoms with Gasteiger partial charge < -0.3 is 10.2 Å². The standard InChI is InChI=1S/C19H20N4/c1-15-8-5-4-6-11-23(16(2)21-15)19-10-7-9-17(12-19)18-13-20-22(3)14-18/h4-10,12-14,21H,1-2,11H2,3H3/b6-4-,8-5-. The number of rotatable bonds is 2. The van der Waals surface area contributed by atoms with Crippen molar-refractivity contribution in [2.24, 2.45) is 7.05 Å². The Bertz CT molecular complexity index is 795. The summed E-state index contributed by atoms with van der Waals surface area (Å²) in [5.41, 5.74) is 4.11. The summed E-state index contributed by atoms with van der Waals surface area (Å²) in [5, 5.41) is 7.47. The molecule has 0 spiro atoms. The Morgan fingerprint density at radius 1 is 1.17 bits per heavy atom. The first-order valence-electron chi connectivity index (χ1n) is 7.48. The molecule has 0 fully saturated rings. The van der Waals surface area contributed by atoms with Gasteiger partial charge >= 0.3 is 0 Å². The van der Waals surface area contributed by atoms with Crippen LogP contribution in [0.5, 0.6) is 0 Å². The van der Waals surface area contributed by atoms with Gasteiger partial charge in [-0.2, -0.15) is 5.10 Å². The average molecular weight is 304 g/mol. The van der Waals surface area contributed by atoms with Crippen LogP contribution < -0.4 is 10.2 Å². The second-order valence-corrected chi connectivity index (χ2v) is 5.45. The van der Waals surface area contributed by atoms with Crippen molar-refractivity contribution in [3.63, 3.8) is 0 Å². The lowest BCUT2D eigenvalue weighted by atomic mass is 10.1. The molecule has 2 heterocycles. The van der Waals surface area contributed by atoms with Crippen LogP contribution in [-0.4, -0.2) is 16.3 Å². The molecule has 1 aliphatic rings. The van der Waals surface area contributed by atoms with E-state index in [2.05, 4.69) is 52.7 Å². The van der Waals surface area contributed by atoms with Crippen molar-refractivity contribution in [3.8, 4) is 11.1 Å². The van der Waals surface area contributed by atoms with Crippen molar-refractivity contribution in [2.75, 3.05) is 11.4 Å². The monoisotopic (exact) mass is 304 g/mol. The summed E-state index contributed by atoms with van der Waals surface area (Å²) in [6.07, 6.45) is 11.9. The summed E-state index contributed by atoms with van der Waals surface area (Å²) in [7, 11) is 1.92. The highest BCUT2D eigenvalue weighted by Crippen LogP contribution is 2.26. The zero-order valence-corrected chi connectivity index (χ0v) is 13.2. The first kappa shape index (κ1) is 14.9. The Kier molecular flexibility index (Phi) is 4.15. The topological polar surface area (TPSA) is 33.1 Å². The molecule has 3 rings (SSSR count). The molecule has 116 valence electrons. The molecule has 23 heavy (non-hydrogen) atoms. The zero-order valence-electron chi connectivity index (χ0n) is 13.2. The number of aromatic nitrogens is 2. The van der Waals surface area contributed by atoms with Crippen LogP contribution in [0.4, 0.5) is 5.69 Å². The number of aryl methyl sites for hydroxylation is 1. The second kappa shape index (κ2) is 6.40. The fourth-order valence-electron chi connectivity index (χ4n) is 2.51. The highest BCUT2D eigenvalue weighted by molar-refractivity contribution is 5.68. The maximum atomic E-state index is 4.24. The third kappa shape index (κ3) is 3.43. The molecule has 0 saturated heterocycles. The van der Waals surface area contributed by atoms with Crippen molar-refractivity contribution >= 4 is 5.69 Å². The summed E-state index contributed by atoms with van der Waals surface area (Å²) in [6.45, 7) is 8.85. The number of nitrogens with zero attached hydrogens (tertiary/aromatic N) is 3. The van der Waals surface area contributed by atoms with Crippen molar-refractivity contribution in [1.29, 1.82) is 0 Å². The molecule has 1 aromatic carbocycles. The van der Waals surface area contributed by atoms with Crippen LogP contribution in [0.2, 0.25) is 0 Å². The Labute approximate surface area is 136 Å². The third-order valence-electron chi connectivity index (χ3n) is 3.66. The van der Waals surface area contributed by atoms with E-state index >= 15 is 0 Å². The molecule has 0 aliphatic carbocycles. The van der Waals surface area contributed by atoms with Crippen molar-refractivity contribution in [3.05, 3.63) is 85.6 Å². The van der Waals surface area contributed by atoms with Crippen molar-refractivity contribution < 1.29 is 0 Å². The van der Waals surface area contributed by atoms with Crippen LogP contribution in [0.1, 0.15) is 0 Å². The van der Waals surface area contributed by atoms with Gasteiger partial charge in [0, 0.05) is 36.7 Å². The van der Waals surface area contributed by atoms with Gasteiger partial charge in [0.2, 0.25) is 0 Å². The molecule has 1 aromatic heterocycles. The quantitative estimate of drug-likeness (QED) is 0.920. The third-order valence-corrected chi connectivity index (χ3v) is 3.66. The molecule has 0 bridgehead atoms. The van der Waals surface area contributed by atoms with E-state index in [1.807, 2.05) is 43.7 Å². The van der Waals surface area contributed by atoms with Crippen LogP contribution in [0.3, 0.4) is 0 Å². The minimum Gasteiger partial charge on any atom is -0.343 e. The van der Waals surface area contributed by atoms with Gasteiger partial charge in [-0.3, -0.25) is 4.68 Å². The van der Waals surface area contributed by atoms with E-state index < -0.39 is 0 Å². The molecular formula is C19H20N4. The number of anilines is 1. The number of hydrogen-bond acceptors (Lipinski definition) is 3. The van der Waals surface area contributed by atoms with E-state index in [0.717, 1.165) is 34.9 Å². The van der Waals surface area contributed by atoms with Gasteiger partial charge in [-0.05, 0) is 23.8 Å². The maximum absolute atomic E-state index is 4.24. The minimum absolute atomic E-state index is 0.736. The fourth-order valence-corrected chi connectivity index (χ4v) is 2.51. The first-order chi connectivity index (χ1) is 11.1. The normalized spacial score (nSPS) is 17.9. The summed E-state index contributed by atoms with van der Waals surface area (Å²) in [4.78, 5) is 2.12. The predicted octanol–water partition coefficient (Wildman–Crippen LogP) is 3.59. The minimum atomic E-state index is 0.736. The lowest BCUT2D eigenvalue weighted by molar-refractivity contribution is 0.768. The molecule has 0 atom stereocenters. The fraction of sp³-hybridized carbons (Fsp3) is 0.105. The highest BCUT2D eigenvalue weighted by atomic mass is 15.2.